The molecule has 0 bridgehead atoms. The smallest absolute Gasteiger partial charge is 0.188 e. The third-order valence-corrected chi connectivity index (χ3v) is 5.29. The van der Waals surface area contributed by atoms with Crippen LogP contribution in [0, 0.1) is 17.2 Å². The number of aromatic nitrogens is 2. The summed E-state index contributed by atoms with van der Waals surface area (Å²) in [7, 11) is 0. The molecule has 2 heterocycles. The predicted octanol–water partition coefficient (Wildman–Crippen LogP) is 4.38. The molecule has 8 heteroatoms. The van der Waals surface area contributed by atoms with E-state index in [0.29, 0.717) is 23.2 Å². The van der Waals surface area contributed by atoms with Crippen molar-refractivity contribution < 1.29 is 9.84 Å². The first kappa shape index (κ1) is 19.0. The zero-order valence-electron chi connectivity index (χ0n) is 15.8. The van der Waals surface area contributed by atoms with Crippen LogP contribution in [0.15, 0.2) is 29.5 Å². The first-order valence-electron chi connectivity index (χ1n) is 8.82. The molecule has 0 fully saturated rings. The van der Waals surface area contributed by atoms with Crippen LogP contribution in [-0.4, -0.2) is 26.0 Å². The number of rotatable bonds is 6. The Morgan fingerprint density at radius 3 is 2.67 bits per heavy atom. The van der Waals surface area contributed by atoms with E-state index in [4.69, 9.17) is 10.00 Å². The first-order valence-corrected chi connectivity index (χ1v) is 9.55. The largest absolute Gasteiger partial charge is 0.504 e. The van der Waals surface area contributed by atoms with E-state index in [-0.39, 0.29) is 23.5 Å². The molecular formula is C19H23N5O2S. The Kier molecular flexibility index (Phi) is 5.51. The van der Waals surface area contributed by atoms with Crippen LogP contribution in [0.1, 0.15) is 39.7 Å². The van der Waals surface area contributed by atoms with Gasteiger partial charge in [-0.25, -0.2) is 0 Å². The van der Waals surface area contributed by atoms with Crippen LogP contribution in [0.3, 0.4) is 0 Å². The number of nitriles is 1. The summed E-state index contributed by atoms with van der Waals surface area (Å²) in [6.07, 6.45) is 0.919. The highest BCUT2D eigenvalue weighted by molar-refractivity contribution is 6.99. The maximum Gasteiger partial charge on any atom is 0.188 e. The normalized spacial score (nSPS) is 17.6. The fourth-order valence-electron chi connectivity index (χ4n) is 3.09. The van der Waals surface area contributed by atoms with Gasteiger partial charge in [0, 0.05) is 6.42 Å². The van der Waals surface area contributed by atoms with Gasteiger partial charge in [0.1, 0.15) is 12.2 Å². The third kappa shape index (κ3) is 3.98. The predicted molar refractivity (Wildman–Crippen MR) is 106 cm³/mol. The number of ether oxygens (including phenoxy) is 1. The maximum atomic E-state index is 10.2. The van der Waals surface area contributed by atoms with Gasteiger partial charge in [-0.2, -0.15) is 14.0 Å². The highest BCUT2D eigenvalue weighted by atomic mass is 32.1. The van der Waals surface area contributed by atoms with Crippen LogP contribution in [0.2, 0.25) is 0 Å². The number of nitrogens with zero attached hydrogens (tertiary/aromatic N) is 3. The number of hydrogen-bond acceptors (Lipinski definition) is 8. The number of phenolic OH excluding ortho intramolecular Hbond substituents is 1. The minimum absolute atomic E-state index is 0.0369. The maximum absolute atomic E-state index is 10.2. The van der Waals surface area contributed by atoms with Gasteiger partial charge in [0.15, 0.2) is 17.4 Å². The van der Waals surface area contributed by atoms with Gasteiger partial charge in [0.25, 0.3) is 0 Å². The second-order valence-corrected chi connectivity index (χ2v) is 7.54. The Bertz CT molecular complexity index is 886. The molecule has 2 atom stereocenters. The molecule has 0 spiro atoms. The molecule has 3 rings (SSSR count). The second-order valence-electron chi connectivity index (χ2n) is 7.01. The van der Waals surface area contributed by atoms with Gasteiger partial charge in [-0.15, -0.1) is 0 Å². The van der Waals surface area contributed by atoms with Gasteiger partial charge in [-0.05, 0) is 37.5 Å². The van der Waals surface area contributed by atoms with Crippen molar-refractivity contribution in [3.63, 3.8) is 0 Å². The molecule has 0 radical (unpaired) electrons. The third-order valence-electron chi connectivity index (χ3n) is 4.76. The van der Waals surface area contributed by atoms with Crippen molar-refractivity contribution in [3.05, 3.63) is 35.1 Å². The molecule has 0 amide bonds. The Morgan fingerprint density at radius 2 is 2.04 bits per heavy atom. The molecule has 1 aromatic heterocycles. The van der Waals surface area contributed by atoms with Gasteiger partial charge in [0.2, 0.25) is 0 Å². The molecule has 2 aromatic rings. The molecule has 2 unspecified atom stereocenters. The van der Waals surface area contributed by atoms with Crippen LogP contribution in [-0.2, 0) is 4.74 Å². The number of nitrogens with one attached hydrogen (secondary N) is 2. The van der Waals surface area contributed by atoms with Crippen molar-refractivity contribution in [1.82, 2.24) is 8.75 Å². The van der Waals surface area contributed by atoms with Gasteiger partial charge in [0.05, 0.1) is 34.8 Å². The molecular weight excluding hydrogens is 362 g/mol. The second kappa shape index (κ2) is 7.84. The fraction of sp³-hybridized carbons (Fsp3) is 0.421. The number of allylic oxidation sites excluding steroid dienone is 1. The van der Waals surface area contributed by atoms with E-state index in [2.05, 4.69) is 40.2 Å². The molecule has 0 saturated heterocycles. The number of hydrogen-bond donors (Lipinski definition) is 3. The molecule has 0 saturated carbocycles. The summed E-state index contributed by atoms with van der Waals surface area (Å²) in [5.41, 5.74) is 1.88. The number of para-hydroxylation sites is 1. The van der Waals surface area contributed by atoms with Crippen molar-refractivity contribution in [1.29, 1.82) is 5.26 Å². The molecule has 0 aliphatic carbocycles. The van der Waals surface area contributed by atoms with Crippen molar-refractivity contribution in [2.45, 2.75) is 46.3 Å². The number of aromatic hydroxyl groups is 1. The Morgan fingerprint density at radius 1 is 1.30 bits per heavy atom. The first-order chi connectivity index (χ1) is 12.9. The number of anilines is 3. The van der Waals surface area contributed by atoms with E-state index in [1.54, 1.807) is 18.2 Å². The van der Waals surface area contributed by atoms with Crippen LogP contribution in [0.4, 0.5) is 17.3 Å². The summed E-state index contributed by atoms with van der Waals surface area (Å²) in [6.45, 7) is 8.36. The van der Waals surface area contributed by atoms with Crippen LogP contribution < -0.4 is 10.6 Å². The standard InChI is InChI=1S/C19H23N5O2S/c1-10(2)16(15-8-11(3)12(4)26-15)22-19-18(23-27-24-19)21-14-7-5-6-13(9-20)17(14)25/h5-7,10,15-16,25H,8H2,1-4H3,(H,21,23)(H,22,24). The monoisotopic (exact) mass is 385 g/mol. The molecule has 1 aromatic carbocycles. The average Bonchev–Trinajstić information content (AvgIpc) is 3.20. The molecule has 7 nitrogen and oxygen atoms in total. The average molecular weight is 385 g/mol. The highest BCUT2D eigenvalue weighted by Gasteiger charge is 2.32. The summed E-state index contributed by atoms with van der Waals surface area (Å²) in [6, 6.07) is 6.97. The highest BCUT2D eigenvalue weighted by Crippen LogP contribution is 2.34. The van der Waals surface area contributed by atoms with E-state index in [0.717, 1.165) is 23.9 Å². The molecule has 3 N–H and O–H groups in total. The SMILES string of the molecule is CC1=C(C)OC(C(Nc2nsnc2Nc2cccc(C#N)c2O)C(C)C)C1. The Balaban J connectivity index is 1.79. The van der Waals surface area contributed by atoms with E-state index in [1.165, 1.54) is 5.57 Å². The number of phenols is 1. The Labute approximate surface area is 163 Å². The Hall–Kier alpha value is -2.79. The van der Waals surface area contributed by atoms with Crippen LogP contribution in [0.5, 0.6) is 5.75 Å². The van der Waals surface area contributed by atoms with Crippen molar-refractivity contribution in [3.8, 4) is 11.8 Å². The van der Waals surface area contributed by atoms with E-state index in [1.807, 2.05) is 13.0 Å². The fourth-order valence-corrected chi connectivity index (χ4v) is 3.56. The zero-order chi connectivity index (χ0) is 19.6. The van der Waals surface area contributed by atoms with Gasteiger partial charge < -0.3 is 20.5 Å². The van der Waals surface area contributed by atoms with Crippen LogP contribution in [0.25, 0.3) is 0 Å². The van der Waals surface area contributed by atoms with Crippen LogP contribution >= 0.6 is 11.7 Å². The minimum atomic E-state index is -0.103. The van der Waals surface area contributed by atoms with Crippen molar-refractivity contribution >= 4 is 29.1 Å². The van der Waals surface area contributed by atoms with Gasteiger partial charge in [-0.3, -0.25) is 0 Å². The van der Waals surface area contributed by atoms with Crippen molar-refractivity contribution in [2.24, 2.45) is 5.92 Å². The van der Waals surface area contributed by atoms with Gasteiger partial charge in [-0.1, -0.05) is 19.9 Å². The van der Waals surface area contributed by atoms with E-state index < -0.39 is 0 Å². The minimum Gasteiger partial charge on any atom is -0.504 e. The zero-order valence-corrected chi connectivity index (χ0v) is 16.6. The summed E-state index contributed by atoms with van der Waals surface area (Å²) in [5.74, 6) is 2.31. The lowest BCUT2D eigenvalue weighted by Crippen LogP contribution is -2.38. The lowest BCUT2D eigenvalue weighted by Gasteiger charge is -2.28. The lowest BCUT2D eigenvalue weighted by atomic mass is 9.95. The van der Waals surface area contributed by atoms with Gasteiger partial charge >= 0.3 is 0 Å². The molecule has 142 valence electrons. The molecule has 1 aliphatic rings. The van der Waals surface area contributed by atoms with E-state index >= 15 is 0 Å². The summed E-state index contributed by atoms with van der Waals surface area (Å²) in [4.78, 5) is 0. The topological polar surface area (TPSA) is 103 Å². The lowest BCUT2D eigenvalue weighted by molar-refractivity contribution is 0.111. The molecule has 27 heavy (non-hydrogen) atoms. The van der Waals surface area contributed by atoms with E-state index in [9.17, 15) is 5.11 Å². The van der Waals surface area contributed by atoms with Crippen molar-refractivity contribution in [2.75, 3.05) is 10.6 Å². The number of benzene rings is 1. The molecule has 1 aliphatic heterocycles. The summed E-state index contributed by atoms with van der Waals surface area (Å²) < 4.78 is 14.7. The summed E-state index contributed by atoms with van der Waals surface area (Å²) in [5, 5.41) is 25.8. The summed E-state index contributed by atoms with van der Waals surface area (Å²) >= 11 is 1.08. The quantitative estimate of drug-likeness (QED) is 0.634.